The summed E-state index contributed by atoms with van der Waals surface area (Å²) >= 11 is 1.45. The maximum Gasteiger partial charge on any atom is 0.738 e. The number of allylic oxidation sites excluding steroid dienone is 2. The van der Waals surface area contributed by atoms with Crippen LogP contribution in [-0.2, 0) is 11.2 Å². The second kappa shape index (κ2) is 12.8. The zero-order valence-electron chi connectivity index (χ0n) is 27.8. The van der Waals surface area contributed by atoms with Crippen LogP contribution in [0.4, 0.5) is 8.63 Å². The van der Waals surface area contributed by atoms with Gasteiger partial charge in [0.05, 0.1) is 11.1 Å². The summed E-state index contributed by atoms with van der Waals surface area (Å²) in [6.07, 6.45) is 10.3. The Bertz CT molecular complexity index is 2530. The second-order valence-corrected chi connectivity index (χ2v) is 14.0. The van der Waals surface area contributed by atoms with Gasteiger partial charge < -0.3 is 27.1 Å². The number of halogens is 2. The number of carboxylic acid groups (broad SMARTS) is 1. The summed E-state index contributed by atoms with van der Waals surface area (Å²) < 4.78 is 42.7. The number of unbranched alkanes of at least 4 members (excludes halogenated alkanes) is 3. The molecule has 0 aliphatic carbocycles. The average molecular weight is 696 g/mol. The number of carboxylic acids is 1. The molecule has 0 bridgehead atoms. The topological polar surface area (TPSA) is 82.2 Å². The largest absolute Gasteiger partial charge is 0.738 e. The SMILES string of the molecule is CCCCCCc1cc(/C=C(\C#N)C(=O)O)sc1-c1ccc(C2=CC(c3ccccc3)=[N+]3C2=Cc2cc4oc5ccccc5c4n2[B-]3(F)F)cc1. The Morgan fingerprint density at radius 2 is 1.69 bits per heavy atom. The number of rotatable bonds is 10. The number of hydrogen-bond donors (Lipinski definition) is 1. The molecule has 0 radical (unpaired) electrons. The van der Waals surface area contributed by atoms with E-state index in [0.717, 1.165) is 58.1 Å². The van der Waals surface area contributed by atoms with Gasteiger partial charge in [0, 0.05) is 44.6 Å². The molecule has 5 heterocycles. The lowest BCUT2D eigenvalue weighted by Crippen LogP contribution is -2.50. The summed E-state index contributed by atoms with van der Waals surface area (Å²) in [5.74, 6) is -1.26. The van der Waals surface area contributed by atoms with Crippen molar-refractivity contribution in [1.82, 2.24) is 4.48 Å². The Morgan fingerprint density at radius 3 is 2.43 bits per heavy atom. The number of thiophene rings is 1. The van der Waals surface area contributed by atoms with Crippen LogP contribution in [0.15, 0.2) is 113 Å². The third-order valence-electron chi connectivity index (χ3n) is 9.67. The second-order valence-electron chi connectivity index (χ2n) is 12.9. The average Bonchev–Trinajstić information content (AvgIpc) is 3.90. The molecule has 2 aliphatic heterocycles. The Labute approximate surface area is 297 Å². The first kappa shape index (κ1) is 32.4. The Kier molecular flexibility index (Phi) is 8.16. The molecule has 0 amide bonds. The molecule has 2 aliphatic rings. The van der Waals surface area contributed by atoms with E-state index in [1.54, 1.807) is 18.2 Å². The number of aryl methyl sites for hydroxylation is 1. The van der Waals surface area contributed by atoms with E-state index >= 15 is 8.63 Å². The fourth-order valence-electron chi connectivity index (χ4n) is 7.29. The predicted octanol–water partition coefficient (Wildman–Crippen LogP) is 10.4. The first-order chi connectivity index (χ1) is 24.8. The molecular weight excluding hydrogens is 663 g/mol. The van der Waals surface area contributed by atoms with Gasteiger partial charge in [0.25, 0.3) is 0 Å². The van der Waals surface area contributed by atoms with Crippen LogP contribution in [0.3, 0.4) is 0 Å². The van der Waals surface area contributed by atoms with Crippen LogP contribution in [0.1, 0.15) is 59.9 Å². The molecule has 252 valence electrons. The summed E-state index contributed by atoms with van der Waals surface area (Å²) in [7, 11) is 0. The summed E-state index contributed by atoms with van der Waals surface area (Å²) in [5.41, 5.74) is 6.47. The van der Waals surface area contributed by atoms with Gasteiger partial charge in [0.15, 0.2) is 17.0 Å². The number of hydrogen-bond acceptors (Lipinski definition) is 4. The molecular formula is C41H32BF2N3O3S. The molecule has 0 unspecified atom stereocenters. The molecule has 8 rings (SSSR count). The number of fused-ring (bicyclic) bond motifs is 6. The molecule has 3 aromatic heterocycles. The number of aromatic nitrogens is 1. The van der Waals surface area contributed by atoms with Gasteiger partial charge in [-0.15, -0.1) is 11.3 Å². The van der Waals surface area contributed by atoms with Gasteiger partial charge >= 0.3 is 12.9 Å². The van der Waals surface area contributed by atoms with Crippen molar-refractivity contribution in [1.29, 1.82) is 5.26 Å². The molecule has 3 aromatic carbocycles. The minimum atomic E-state index is -4.33. The van der Waals surface area contributed by atoms with Gasteiger partial charge in [-0.25, -0.2) is 4.79 Å². The zero-order chi connectivity index (χ0) is 35.3. The minimum Gasteiger partial charge on any atom is -0.477 e. The first-order valence-corrected chi connectivity index (χ1v) is 17.9. The fraction of sp³-hybridized carbons (Fsp3) is 0.146. The number of nitriles is 1. The maximum absolute atomic E-state index is 17.1. The molecule has 6 nitrogen and oxygen atoms in total. The van der Waals surface area contributed by atoms with Crippen molar-refractivity contribution in [3.8, 4) is 16.5 Å². The lowest BCUT2D eigenvalue weighted by molar-refractivity contribution is -0.358. The molecule has 10 heteroatoms. The van der Waals surface area contributed by atoms with Gasteiger partial charge in [0.1, 0.15) is 17.2 Å². The van der Waals surface area contributed by atoms with Gasteiger partial charge in [-0.3, -0.25) is 0 Å². The normalized spacial score (nSPS) is 15.1. The monoisotopic (exact) mass is 695 g/mol. The van der Waals surface area contributed by atoms with Crippen molar-refractivity contribution in [2.75, 3.05) is 0 Å². The molecule has 6 aromatic rings. The standard InChI is InChI=1S/C41H32BF2N3O3S/c1-2-3-4-6-13-29-20-32(21-30(25-45)41(48)49)51-40(29)28-18-16-26(17-19-28)34-24-35(27-11-7-5-8-12-27)47-36(34)22-31-23-38-39(46(31)42(47,43)44)33-14-9-10-15-37(33)50-38/h5,7-12,14-24H,2-4,6,13H2,1H3,(H,48,49)/b30-21+. The van der Waals surface area contributed by atoms with Crippen LogP contribution in [0.25, 0.3) is 50.2 Å². The molecule has 0 saturated carbocycles. The maximum atomic E-state index is 17.1. The summed E-state index contributed by atoms with van der Waals surface area (Å²) in [6.45, 7) is -2.17. The quantitative estimate of drug-likeness (QED) is 0.0669. The highest BCUT2D eigenvalue weighted by Crippen LogP contribution is 2.44. The Hall–Kier alpha value is -5.79. The molecule has 0 spiro atoms. The third-order valence-corrected chi connectivity index (χ3v) is 10.8. The number of para-hydroxylation sites is 1. The lowest BCUT2D eigenvalue weighted by Gasteiger charge is -2.30. The van der Waals surface area contributed by atoms with Crippen molar-refractivity contribution >= 4 is 69.8 Å². The molecule has 0 fully saturated rings. The Balaban J connectivity index is 1.22. The van der Waals surface area contributed by atoms with Crippen molar-refractivity contribution in [2.45, 2.75) is 39.0 Å². The third kappa shape index (κ3) is 5.54. The van der Waals surface area contributed by atoms with Crippen LogP contribution in [0.2, 0.25) is 0 Å². The highest BCUT2D eigenvalue weighted by molar-refractivity contribution is 7.16. The fourth-order valence-corrected chi connectivity index (χ4v) is 8.45. The van der Waals surface area contributed by atoms with Crippen LogP contribution in [0, 0.1) is 11.3 Å². The van der Waals surface area contributed by atoms with Gasteiger partial charge in [-0.1, -0.05) is 80.8 Å². The molecule has 0 saturated heterocycles. The van der Waals surface area contributed by atoms with Crippen LogP contribution >= 0.6 is 11.3 Å². The number of nitrogens with zero attached hydrogens (tertiary/aromatic N) is 3. The van der Waals surface area contributed by atoms with E-state index in [1.807, 2.05) is 91.0 Å². The predicted molar refractivity (Wildman–Crippen MR) is 201 cm³/mol. The van der Waals surface area contributed by atoms with Gasteiger partial charge in [-0.05, 0) is 65.9 Å². The minimum absolute atomic E-state index is 0.315. The number of aliphatic carboxylic acids is 1. The molecule has 0 atom stereocenters. The van der Waals surface area contributed by atoms with Crippen LogP contribution in [-0.4, -0.2) is 32.7 Å². The van der Waals surface area contributed by atoms with E-state index in [4.69, 9.17) is 4.42 Å². The highest BCUT2D eigenvalue weighted by Gasteiger charge is 2.54. The number of benzene rings is 3. The number of carbonyl (C=O) groups is 1. The van der Waals surface area contributed by atoms with E-state index < -0.39 is 12.9 Å². The van der Waals surface area contributed by atoms with Gasteiger partial charge in [0.2, 0.25) is 0 Å². The summed E-state index contributed by atoms with van der Waals surface area (Å²) in [6, 6.07) is 29.9. The van der Waals surface area contributed by atoms with Crippen molar-refractivity contribution < 1.29 is 27.4 Å². The van der Waals surface area contributed by atoms with E-state index in [-0.39, 0.29) is 5.57 Å². The van der Waals surface area contributed by atoms with E-state index in [2.05, 4.69) is 6.92 Å². The summed E-state index contributed by atoms with van der Waals surface area (Å²) in [5, 5.41) is 19.4. The van der Waals surface area contributed by atoms with Crippen LogP contribution < -0.4 is 0 Å². The smallest absolute Gasteiger partial charge is 0.477 e. The van der Waals surface area contributed by atoms with Crippen molar-refractivity contribution in [2.24, 2.45) is 0 Å². The number of furan rings is 1. The van der Waals surface area contributed by atoms with E-state index in [0.29, 0.717) is 55.2 Å². The molecule has 51 heavy (non-hydrogen) atoms. The lowest BCUT2D eigenvalue weighted by atomic mass is 9.88. The van der Waals surface area contributed by atoms with Crippen LogP contribution in [0.5, 0.6) is 0 Å². The highest BCUT2D eigenvalue weighted by atomic mass is 32.1. The zero-order valence-corrected chi connectivity index (χ0v) is 28.6. The molecule has 1 N–H and O–H groups in total. The van der Waals surface area contributed by atoms with E-state index in [1.165, 1.54) is 21.9 Å². The Morgan fingerprint density at radius 1 is 0.941 bits per heavy atom. The first-order valence-electron chi connectivity index (χ1n) is 17.1. The summed E-state index contributed by atoms with van der Waals surface area (Å²) in [4.78, 5) is 13.3. The van der Waals surface area contributed by atoms with Crippen molar-refractivity contribution in [3.05, 3.63) is 136 Å². The van der Waals surface area contributed by atoms with Crippen molar-refractivity contribution in [3.63, 3.8) is 0 Å². The van der Waals surface area contributed by atoms with E-state index in [9.17, 15) is 15.2 Å². The van der Waals surface area contributed by atoms with Gasteiger partial charge in [-0.2, -0.15) is 5.26 Å².